The van der Waals surface area contributed by atoms with Gasteiger partial charge in [0.05, 0.1) is 29.7 Å². The lowest BCUT2D eigenvalue weighted by Crippen LogP contribution is -2.36. The van der Waals surface area contributed by atoms with E-state index in [0.29, 0.717) is 17.3 Å². The van der Waals surface area contributed by atoms with Crippen molar-refractivity contribution in [1.29, 1.82) is 0 Å². The molecule has 11 heteroatoms. The van der Waals surface area contributed by atoms with Gasteiger partial charge in [0.25, 0.3) is 11.1 Å². The van der Waals surface area contributed by atoms with E-state index in [2.05, 4.69) is 10.1 Å². The zero-order valence-electron chi connectivity index (χ0n) is 16.9. The van der Waals surface area contributed by atoms with Crippen LogP contribution in [0.15, 0.2) is 41.3 Å². The number of nitrogens with one attached hydrogen (secondary N) is 1. The predicted octanol–water partition coefficient (Wildman–Crippen LogP) is 3.52. The number of esters is 1. The fourth-order valence-electron chi connectivity index (χ4n) is 2.80. The minimum atomic E-state index is -0.674. The molecular formula is C21H17ClN2O7S. The summed E-state index contributed by atoms with van der Waals surface area (Å²) < 4.78 is 9.60. The molecule has 1 saturated heterocycles. The highest BCUT2D eigenvalue weighted by Crippen LogP contribution is 2.34. The van der Waals surface area contributed by atoms with Gasteiger partial charge in [0.15, 0.2) is 11.5 Å². The van der Waals surface area contributed by atoms with Gasteiger partial charge < -0.3 is 19.9 Å². The number of thioether (sulfide) groups is 1. The van der Waals surface area contributed by atoms with Crippen LogP contribution in [-0.2, 0) is 14.3 Å². The quantitative estimate of drug-likeness (QED) is 0.479. The van der Waals surface area contributed by atoms with Gasteiger partial charge in [-0.2, -0.15) is 0 Å². The van der Waals surface area contributed by atoms with Gasteiger partial charge >= 0.3 is 5.97 Å². The van der Waals surface area contributed by atoms with Crippen LogP contribution < -0.4 is 10.1 Å². The second-order valence-corrected chi connectivity index (χ2v) is 7.83. The van der Waals surface area contributed by atoms with E-state index in [1.54, 1.807) is 6.07 Å². The normalized spacial score (nSPS) is 14.6. The summed E-state index contributed by atoms with van der Waals surface area (Å²) in [7, 11) is 2.61. The zero-order valence-corrected chi connectivity index (χ0v) is 18.5. The van der Waals surface area contributed by atoms with E-state index in [-0.39, 0.29) is 32.7 Å². The maximum Gasteiger partial charge on any atom is 0.339 e. The van der Waals surface area contributed by atoms with E-state index in [4.69, 9.17) is 16.3 Å². The van der Waals surface area contributed by atoms with E-state index in [1.165, 1.54) is 50.6 Å². The number of ether oxygens (including phenoxy) is 2. The van der Waals surface area contributed by atoms with E-state index < -0.39 is 29.6 Å². The number of anilines is 1. The van der Waals surface area contributed by atoms with Crippen molar-refractivity contribution in [2.24, 2.45) is 0 Å². The lowest BCUT2D eigenvalue weighted by atomic mass is 10.2. The minimum absolute atomic E-state index is 0.0591. The van der Waals surface area contributed by atoms with Crippen molar-refractivity contribution in [3.05, 3.63) is 57.5 Å². The van der Waals surface area contributed by atoms with Gasteiger partial charge in [0.2, 0.25) is 5.91 Å². The molecule has 0 aromatic heterocycles. The summed E-state index contributed by atoms with van der Waals surface area (Å²) in [4.78, 5) is 49.9. The number of halogens is 1. The van der Waals surface area contributed by atoms with Crippen molar-refractivity contribution in [2.45, 2.75) is 0 Å². The van der Waals surface area contributed by atoms with Crippen molar-refractivity contribution in [1.82, 2.24) is 4.90 Å². The number of phenolic OH excluding ortho intramolecular Hbond substituents is 1. The van der Waals surface area contributed by atoms with Crippen LogP contribution in [0.4, 0.5) is 10.5 Å². The maximum absolute atomic E-state index is 12.6. The monoisotopic (exact) mass is 476 g/mol. The molecule has 2 aromatic carbocycles. The number of hydrogen-bond donors (Lipinski definition) is 2. The van der Waals surface area contributed by atoms with Crippen molar-refractivity contribution in [3.63, 3.8) is 0 Å². The van der Waals surface area contributed by atoms with Crippen molar-refractivity contribution >= 4 is 58.1 Å². The van der Waals surface area contributed by atoms with Crippen LogP contribution in [0.2, 0.25) is 5.02 Å². The third kappa shape index (κ3) is 5.04. The summed E-state index contributed by atoms with van der Waals surface area (Å²) in [5, 5.41) is 11.9. The Labute approximate surface area is 191 Å². The fraction of sp³-hybridized carbons (Fsp3) is 0.143. The number of benzene rings is 2. The first-order chi connectivity index (χ1) is 15.2. The van der Waals surface area contributed by atoms with Gasteiger partial charge in [0.1, 0.15) is 6.54 Å². The van der Waals surface area contributed by atoms with Crippen LogP contribution in [0.5, 0.6) is 11.5 Å². The van der Waals surface area contributed by atoms with E-state index >= 15 is 0 Å². The molecule has 0 bridgehead atoms. The van der Waals surface area contributed by atoms with Crippen molar-refractivity contribution in [2.75, 3.05) is 26.1 Å². The second-order valence-electron chi connectivity index (χ2n) is 6.43. The Morgan fingerprint density at radius 2 is 1.94 bits per heavy atom. The van der Waals surface area contributed by atoms with Gasteiger partial charge in [-0.25, -0.2) is 4.79 Å². The van der Waals surface area contributed by atoms with Crippen LogP contribution in [0, 0.1) is 0 Å². The predicted molar refractivity (Wildman–Crippen MR) is 119 cm³/mol. The molecule has 0 aliphatic carbocycles. The summed E-state index contributed by atoms with van der Waals surface area (Å²) in [5.74, 6) is -1.81. The lowest BCUT2D eigenvalue weighted by molar-refractivity contribution is -0.127. The summed E-state index contributed by atoms with van der Waals surface area (Å²) in [6, 6.07) is 8.73. The molecule has 1 heterocycles. The molecule has 2 aromatic rings. The highest BCUT2D eigenvalue weighted by Gasteiger charge is 2.36. The SMILES string of the molecule is COC(=O)c1cc(NC(=O)CN2C(=O)S/C(=C\c3ccc(OC)c(O)c3)C2=O)ccc1Cl. The summed E-state index contributed by atoms with van der Waals surface area (Å²) >= 11 is 6.63. The second kappa shape index (κ2) is 9.75. The van der Waals surface area contributed by atoms with Crippen LogP contribution in [0.25, 0.3) is 6.08 Å². The maximum atomic E-state index is 12.6. The molecule has 9 nitrogen and oxygen atoms in total. The average Bonchev–Trinajstić information content (AvgIpc) is 3.02. The molecule has 3 amide bonds. The third-order valence-corrected chi connectivity index (χ3v) is 5.57. The topological polar surface area (TPSA) is 122 Å². The molecule has 0 atom stereocenters. The summed E-state index contributed by atoms with van der Waals surface area (Å²) in [6.07, 6.45) is 1.43. The Hall–Kier alpha value is -3.50. The first kappa shape index (κ1) is 23.2. The molecule has 0 spiro atoms. The number of methoxy groups -OCH3 is 2. The molecule has 0 saturated carbocycles. The number of carbonyl (C=O) groups is 4. The Morgan fingerprint density at radius 1 is 1.19 bits per heavy atom. The molecule has 3 rings (SSSR count). The smallest absolute Gasteiger partial charge is 0.339 e. The van der Waals surface area contributed by atoms with Crippen LogP contribution in [0.3, 0.4) is 0 Å². The molecule has 1 aliphatic heterocycles. The minimum Gasteiger partial charge on any atom is -0.504 e. The van der Waals surface area contributed by atoms with Crippen LogP contribution >= 0.6 is 23.4 Å². The van der Waals surface area contributed by atoms with Gasteiger partial charge in [-0.1, -0.05) is 17.7 Å². The molecule has 0 unspecified atom stereocenters. The third-order valence-electron chi connectivity index (χ3n) is 4.33. The van der Waals surface area contributed by atoms with Crippen molar-refractivity contribution in [3.8, 4) is 11.5 Å². The number of carbonyl (C=O) groups excluding carboxylic acids is 4. The van der Waals surface area contributed by atoms with Gasteiger partial charge in [-0.15, -0.1) is 0 Å². The number of hydrogen-bond acceptors (Lipinski definition) is 8. The average molecular weight is 477 g/mol. The molecular weight excluding hydrogens is 460 g/mol. The van der Waals surface area contributed by atoms with Gasteiger partial charge in [-0.3, -0.25) is 19.3 Å². The number of phenols is 1. The largest absolute Gasteiger partial charge is 0.504 e. The Bertz CT molecular complexity index is 1150. The molecule has 2 N–H and O–H groups in total. The number of rotatable bonds is 6. The molecule has 1 aliphatic rings. The molecule has 0 radical (unpaired) electrons. The van der Waals surface area contributed by atoms with Crippen LogP contribution in [0.1, 0.15) is 15.9 Å². The Balaban J connectivity index is 1.71. The first-order valence-corrected chi connectivity index (χ1v) is 10.2. The lowest BCUT2D eigenvalue weighted by Gasteiger charge is -2.13. The number of imide groups is 1. The standard InChI is InChI=1S/C21H17ClN2O7S/c1-30-16-6-3-11(7-15(16)25)8-17-19(27)24(21(29)32-17)10-18(26)23-12-4-5-14(22)13(9-12)20(28)31-2/h3-9,25H,10H2,1-2H3,(H,23,26)/b17-8-. The Kier molecular flexibility index (Phi) is 7.06. The highest BCUT2D eigenvalue weighted by atomic mass is 35.5. The number of aromatic hydroxyl groups is 1. The summed E-state index contributed by atoms with van der Waals surface area (Å²) in [5.41, 5.74) is 0.787. The van der Waals surface area contributed by atoms with Gasteiger partial charge in [0, 0.05) is 5.69 Å². The van der Waals surface area contributed by atoms with Gasteiger partial charge in [-0.05, 0) is 53.7 Å². The summed E-state index contributed by atoms with van der Waals surface area (Å²) in [6.45, 7) is -0.522. The Morgan fingerprint density at radius 3 is 2.59 bits per heavy atom. The van der Waals surface area contributed by atoms with E-state index in [9.17, 15) is 24.3 Å². The molecule has 166 valence electrons. The van der Waals surface area contributed by atoms with E-state index in [0.717, 1.165) is 4.90 Å². The molecule has 1 fully saturated rings. The zero-order chi connectivity index (χ0) is 23.4. The van der Waals surface area contributed by atoms with E-state index in [1.807, 2.05) is 0 Å². The fourth-order valence-corrected chi connectivity index (χ4v) is 3.83. The van der Waals surface area contributed by atoms with Crippen LogP contribution in [-0.4, -0.2) is 53.8 Å². The first-order valence-electron chi connectivity index (χ1n) is 9.03. The number of amides is 3. The number of nitrogens with zero attached hydrogens (tertiary/aromatic N) is 1. The highest BCUT2D eigenvalue weighted by molar-refractivity contribution is 8.18. The van der Waals surface area contributed by atoms with Crippen molar-refractivity contribution < 1.29 is 33.8 Å². The molecule has 32 heavy (non-hydrogen) atoms.